The van der Waals surface area contributed by atoms with Crippen LogP contribution in [0, 0.1) is 5.92 Å². The molecule has 1 aromatic carbocycles. The molecule has 2 aliphatic rings. The molecule has 6 nitrogen and oxygen atoms in total. The molecule has 1 aromatic heterocycles. The first-order valence-corrected chi connectivity index (χ1v) is 8.09. The second-order valence-corrected chi connectivity index (χ2v) is 6.26. The number of hydrogen-bond donors (Lipinski definition) is 2. The molecule has 1 fully saturated rings. The van der Waals surface area contributed by atoms with Gasteiger partial charge in [-0.1, -0.05) is 12.1 Å². The standard InChI is InChI=1S/C18H19NO5/c20-17(15-10-23-13-4-1-2-5-14(13)24-15)19-11-18(21,12-7-8-12)16-6-3-9-22-16/h1-6,9,12,15,21H,7-8,10-11H2,(H,19,20)/t15-,18+/m1/s1. The highest BCUT2D eigenvalue weighted by molar-refractivity contribution is 5.81. The Hall–Kier alpha value is -2.47. The Kier molecular flexibility index (Phi) is 3.69. The molecular formula is C18H19NO5. The van der Waals surface area contributed by atoms with Crippen molar-refractivity contribution in [1.82, 2.24) is 5.32 Å². The molecule has 2 N–H and O–H groups in total. The zero-order valence-corrected chi connectivity index (χ0v) is 13.1. The van der Waals surface area contributed by atoms with Gasteiger partial charge in [0, 0.05) is 0 Å². The second kappa shape index (κ2) is 5.87. The molecule has 2 aromatic rings. The maximum atomic E-state index is 12.4. The van der Waals surface area contributed by atoms with Crippen molar-refractivity contribution in [3.63, 3.8) is 0 Å². The summed E-state index contributed by atoms with van der Waals surface area (Å²) in [5.41, 5.74) is -1.17. The van der Waals surface area contributed by atoms with Crippen molar-refractivity contribution in [1.29, 1.82) is 0 Å². The van der Waals surface area contributed by atoms with Gasteiger partial charge >= 0.3 is 0 Å². The van der Waals surface area contributed by atoms with Crippen LogP contribution in [0.2, 0.25) is 0 Å². The van der Waals surface area contributed by atoms with Crippen molar-refractivity contribution in [3.8, 4) is 11.5 Å². The summed E-state index contributed by atoms with van der Waals surface area (Å²) in [6.45, 7) is 0.233. The van der Waals surface area contributed by atoms with E-state index in [1.165, 1.54) is 6.26 Å². The summed E-state index contributed by atoms with van der Waals surface area (Å²) >= 11 is 0. The Labute approximate surface area is 139 Å². The van der Waals surface area contributed by atoms with Crippen LogP contribution in [-0.4, -0.2) is 30.3 Å². The van der Waals surface area contributed by atoms with Crippen LogP contribution >= 0.6 is 0 Å². The Morgan fingerprint density at radius 1 is 1.21 bits per heavy atom. The predicted octanol–water partition coefficient (Wildman–Crippen LogP) is 1.83. The normalized spacial score (nSPS) is 21.8. The number of ether oxygens (including phenoxy) is 2. The highest BCUT2D eigenvalue weighted by atomic mass is 16.6. The summed E-state index contributed by atoms with van der Waals surface area (Å²) in [4.78, 5) is 12.4. The third kappa shape index (κ3) is 2.73. The van der Waals surface area contributed by atoms with E-state index in [0.29, 0.717) is 17.3 Å². The van der Waals surface area contributed by atoms with Gasteiger partial charge in [-0.3, -0.25) is 4.79 Å². The lowest BCUT2D eigenvalue weighted by Crippen LogP contribution is -2.49. The number of carbonyl (C=O) groups is 1. The van der Waals surface area contributed by atoms with E-state index in [1.54, 1.807) is 24.3 Å². The van der Waals surface area contributed by atoms with Crippen LogP contribution in [0.5, 0.6) is 11.5 Å². The van der Waals surface area contributed by atoms with Gasteiger partial charge in [-0.2, -0.15) is 0 Å². The van der Waals surface area contributed by atoms with E-state index in [1.807, 2.05) is 12.1 Å². The van der Waals surface area contributed by atoms with E-state index in [-0.39, 0.29) is 25.0 Å². The van der Waals surface area contributed by atoms with Gasteiger partial charge in [0.15, 0.2) is 11.5 Å². The predicted molar refractivity (Wildman–Crippen MR) is 84.7 cm³/mol. The fourth-order valence-corrected chi connectivity index (χ4v) is 3.00. The number of nitrogens with one attached hydrogen (secondary N) is 1. The van der Waals surface area contributed by atoms with E-state index in [0.717, 1.165) is 12.8 Å². The van der Waals surface area contributed by atoms with Crippen molar-refractivity contribution < 1.29 is 23.8 Å². The highest BCUT2D eigenvalue weighted by Crippen LogP contribution is 2.45. The highest BCUT2D eigenvalue weighted by Gasteiger charge is 2.47. The number of amides is 1. The molecule has 1 aliphatic heterocycles. The van der Waals surface area contributed by atoms with Crippen molar-refractivity contribution in [2.24, 2.45) is 5.92 Å². The molecular weight excluding hydrogens is 310 g/mol. The number of carbonyl (C=O) groups excluding carboxylic acids is 1. The average molecular weight is 329 g/mol. The lowest BCUT2D eigenvalue weighted by molar-refractivity contribution is -0.132. The van der Waals surface area contributed by atoms with Gasteiger partial charge in [-0.15, -0.1) is 0 Å². The van der Waals surface area contributed by atoms with Crippen LogP contribution in [0.25, 0.3) is 0 Å². The Balaban J connectivity index is 1.41. The van der Waals surface area contributed by atoms with Crippen LogP contribution in [0.3, 0.4) is 0 Å². The number of aliphatic hydroxyl groups is 1. The number of para-hydroxylation sites is 2. The van der Waals surface area contributed by atoms with Crippen LogP contribution in [0.1, 0.15) is 18.6 Å². The summed E-state index contributed by atoms with van der Waals surface area (Å²) in [6.07, 6.45) is 2.63. The summed E-state index contributed by atoms with van der Waals surface area (Å²) in [5, 5.41) is 13.7. The van der Waals surface area contributed by atoms with E-state index >= 15 is 0 Å². The average Bonchev–Trinajstić information content (AvgIpc) is 3.34. The minimum atomic E-state index is -1.17. The van der Waals surface area contributed by atoms with Crippen LogP contribution < -0.4 is 14.8 Å². The summed E-state index contributed by atoms with van der Waals surface area (Å²) < 4.78 is 16.6. The molecule has 0 unspecified atom stereocenters. The molecule has 126 valence electrons. The summed E-state index contributed by atoms with van der Waals surface area (Å²) in [7, 11) is 0. The fraction of sp³-hybridized carbons (Fsp3) is 0.389. The van der Waals surface area contributed by atoms with Crippen molar-refractivity contribution in [3.05, 3.63) is 48.4 Å². The van der Waals surface area contributed by atoms with Gasteiger partial charge in [0.1, 0.15) is 18.0 Å². The minimum absolute atomic E-state index is 0.0888. The second-order valence-electron chi connectivity index (χ2n) is 6.26. The van der Waals surface area contributed by atoms with Gasteiger partial charge in [-0.05, 0) is 43.0 Å². The van der Waals surface area contributed by atoms with Crippen LogP contribution in [-0.2, 0) is 10.4 Å². The van der Waals surface area contributed by atoms with Crippen molar-refractivity contribution in [2.45, 2.75) is 24.5 Å². The molecule has 6 heteroatoms. The summed E-state index contributed by atoms with van der Waals surface area (Å²) in [5.74, 6) is 1.46. The van der Waals surface area contributed by atoms with Crippen LogP contribution in [0.15, 0.2) is 47.1 Å². The SMILES string of the molecule is O=C(NC[C@@](O)(c1ccco1)C1CC1)[C@H]1COc2ccccc2O1. The molecule has 0 bridgehead atoms. The lowest BCUT2D eigenvalue weighted by atomic mass is 9.94. The monoisotopic (exact) mass is 329 g/mol. The van der Waals surface area contributed by atoms with E-state index in [4.69, 9.17) is 13.9 Å². The van der Waals surface area contributed by atoms with E-state index in [2.05, 4.69) is 5.32 Å². The molecule has 0 saturated heterocycles. The number of hydrogen-bond acceptors (Lipinski definition) is 5. The maximum Gasteiger partial charge on any atom is 0.264 e. The molecule has 4 rings (SSSR count). The number of rotatable bonds is 5. The fourth-order valence-electron chi connectivity index (χ4n) is 3.00. The van der Waals surface area contributed by atoms with Gasteiger partial charge in [-0.25, -0.2) is 0 Å². The zero-order chi connectivity index (χ0) is 16.6. The summed E-state index contributed by atoms with van der Waals surface area (Å²) in [6, 6.07) is 10.7. The third-order valence-electron chi connectivity index (χ3n) is 4.53. The molecule has 1 aliphatic carbocycles. The van der Waals surface area contributed by atoms with Crippen molar-refractivity contribution in [2.75, 3.05) is 13.2 Å². The molecule has 2 heterocycles. The molecule has 2 atom stereocenters. The Morgan fingerprint density at radius 3 is 2.71 bits per heavy atom. The van der Waals surface area contributed by atoms with Crippen molar-refractivity contribution >= 4 is 5.91 Å². The van der Waals surface area contributed by atoms with Gasteiger partial charge in [0.2, 0.25) is 6.10 Å². The lowest BCUT2D eigenvalue weighted by Gasteiger charge is -2.29. The van der Waals surface area contributed by atoms with Crippen LogP contribution in [0.4, 0.5) is 0 Å². The zero-order valence-electron chi connectivity index (χ0n) is 13.1. The maximum absolute atomic E-state index is 12.4. The van der Waals surface area contributed by atoms with Gasteiger partial charge < -0.3 is 24.3 Å². The third-order valence-corrected chi connectivity index (χ3v) is 4.53. The number of benzene rings is 1. The van der Waals surface area contributed by atoms with Gasteiger partial charge in [0.25, 0.3) is 5.91 Å². The van der Waals surface area contributed by atoms with Gasteiger partial charge in [0.05, 0.1) is 12.8 Å². The molecule has 0 spiro atoms. The minimum Gasteiger partial charge on any atom is -0.485 e. The van der Waals surface area contributed by atoms with E-state index < -0.39 is 11.7 Å². The number of furan rings is 1. The Bertz CT molecular complexity index is 725. The first-order valence-electron chi connectivity index (χ1n) is 8.09. The molecule has 1 saturated carbocycles. The van der Waals surface area contributed by atoms with E-state index in [9.17, 15) is 9.90 Å². The quantitative estimate of drug-likeness (QED) is 0.875. The molecule has 1 amide bonds. The number of fused-ring (bicyclic) bond motifs is 1. The first-order chi connectivity index (χ1) is 11.7. The largest absolute Gasteiger partial charge is 0.485 e. The first kappa shape index (κ1) is 15.1. The topological polar surface area (TPSA) is 80.9 Å². The Morgan fingerprint density at radius 2 is 2.00 bits per heavy atom. The smallest absolute Gasteiger partial charge is 0.264 e. The molecule has 0 radical (unpaired) electrons. The molecule has 24 heavy (non-hydrogen) atoms.